The van der Waals surface area contributed by atoms with Crippen LogP contribution in [0.2, 0.25) is 0 Å². The van der Waals surface area contributed by atoms with E-state index in [0.717, 1.165) is 5.56 Å². The first-order valence-electron chi connectivity index (χ1n) is 6.00. The number of hydrogen-bond acceptors (Lipinski definition) is 5. The number of pyridine rings is 1. The van der Waals surface area contributed by atoms with E-state index in [1.807, 2.05) is 13.0 Å². The Bertz CT molecular complexity index is 739. The molecule has 6 nitrogen and oxygen atoms in total. The largest absolute Gasteiger partial charge is 0.321 e. The molecule has 0 unspecified atom stereocenters. The number of halogens is 1. The summed E-state index contributed by atoms with van der Waals surface area (Å²) in [7, 11) is 0. The topological polar surface area (TPSA) is 104 Å². The lowest BCUT2D eigenvalue weighted by Gasteiger charge is -2.11. The molecule has 0 atom stereocenters. The maximum atomic E-state index is 12.3. The average Bonchev–Trinajstić information content (AvgIpc) is 2.47. The zero-order valence-electron chi connectivity index (χ0n) is 11.1. The summed E-state index contributed by atoms with van der Waals surface area (Å²) >= 11 is 3.26. The van der Waals surface area contributed by atoms with E-state index in [1.54, 1.807) is 18.2 Å². The number of amides is 1. The van der Waals surface area contributed by atoms with Gasteiger partial charge in [-0.1, -0.05) is 12.1 Å². The van der Waals surface area contributed by atoms with Crippen LogP contribution in [0.1, 0.15) is 21.5 Å². The highest BCUT2D eigenvalue weighted by Gasteiger charge is 2.15. The lowest BCUT2D eigenvalue weighted by Crippen LogP contribution is -2.19. The number of nitrogen functional groups attached to an aromatic ring is 1. The van der Waals surface area contributed by atoms with Crippen molar-refractivity contribution < 1.29 is 4.79 Å². The summed E-state index contributed by atoms with van der Waals surface area (Å²) in [6, 6.07) is 8.93. The summed E-state index contributed by atoms with van der Waals surface area (Å²) in [6.45, 7) is 1.81. The second-order valence-corrected chi connectivity index (χ2v) is 5.17. The SMILES string of the molecule is Cc1cccc(NC(=O)c2cc(Br)cnc2NN)c1C#N. The van der Waals surface area contributed by atoms with Gasteiger partial charge in [-0.05, 0) is 40.5 Å². The summed E-state index contributed by atoms with van der Waals surface area (Å²) in [5.74, 6) is 5.20. The number of aryl methyl sites for hydroxylation is 1. The zero-order chi connectivity index (χ0) is 15.4. The van der Waals surface area contributed by atoms with Crippen molar-refractivity contribution in [3.8, 4) is 6.07 Å². The van der Waals surface area contributed by atoms with Crippen LogP contribution in [-0.2, 0) is 0 Å². The van der Waals surface area contributed by atoms with Gasteiger partial charge < -0.3 is 10.7 Å². The van der Waals surface area contributed by atoms with Crippen molar-refractivity contribution in [3.63, 3.8) is 0 Å². The maximum absolute atomic E-state index is 12.3. The highest BCUT2D eigenvalue weighted by Crippen LogP contribution is 2.22. The number of nitrogens with one attached hydrogen (secondary N) is 2. The van der Waals surface area contributed by atoms with Gasteiger partial charge in [0.2, 0.25) is 0 Å². The summed E-state index contributed by atoms with van der Waals surface area (Å²) in [5, 5.41) is 11.9. The first kappa shape index (κ1) is 15.0. The molecule has 0 bridgehead atoms. The van der Waals surface area contributed by atoms with Crippen LogP contribution < -0.4 is 16.6 Å². The molecule has 0 radical (unpaired) electrons. The fourth-order valence-corrected chi connectivity index (χ4v) is 2.17. The van der Waals surface area contributed by atoms with E-state index in [-0.39, 0.29) is 11.4 Å². The molecule has 0 saturated heterocycles. The molecule has 0 spiro atoms. The minimum absolute atomic E-state index is 0.252. The molecule has 4 N–H and O–H groups in total. The highest BCUT2D eigenvalue weighted by atomic mass is 79.9. The van der Waals surface area contributed by atoms with Gasteiger partial charge in [-0.15, -0.1) is 0 Å². The van der Waals surface area contributed by atoms with Gasteiger partial charge in [-0.2, -0.15) is 5.26 Å². The number of hydrogen-bond donors (Lipinski definition) is 3. The molecule has 0 fully saturated rings. The van der Waals surface area contributed by atoms with E-state index >= 15 is 0 Å². The fourth-order valence-electron chi connectivity index (χ4n) is 1.84. The van der Waals surface area contributed by atoms with Gasteiger partial charge in [0.15, 0.2) is 5.82 Å². The van der Waals surface area contributed by atoms with Crippen molar-refractivity contribution in [2.45, 2.75) is 6.92 Å². The number of aromatic nitrogens is 1. The molecular formula is C14H12BrN5O. The van der Waals surface area contributed by atoms with Gasteiger partial charge in [0.25, 0.3) is 5.91 Å². The molecule has 7 heteroatoms. The van der Waals surface area contributed by atoms with Crippen LogP contribution in [0.15, 0.2) is 34.9 Å². The smallest absolute Gasteiger partial charge is 0.259 e. The van der Waals surface area contributed by atoms with Crippen molar-refractivity contribution >= 4 is 33.3 Å². The van der Waals surface area contributed by atoms with Crippen LogP contribution in [0, 0.1) is 18.3 Å². The summed E-state index contributed by atoms with van der Waals surface area (Å²) < 4.78 is 0.649. The molecule has 0 aliphatic heterocycles. The van der Waals surface area contributed by atoms with Gasteiger partial charge in [-0.3, -0.25) is 4.79 Å². The Balaban J connectivity index is 2.38. The van der Waals surface area contributed by atoms with Crippen molar-refractivity contribution in [2.75, 3.05) is 10.7 Å². The predicted molar refractivity (Wildman–Crippen MR) is 83.6 cm³/mol. The Labute approximate surface area is 130 Å². The number of nitrogens with two attached hydrogens (primary N) is 1. The van der Waals surface area contributed by atoms with E-state index in [1.165, 1.54) is 6.20 Å². The third kappa shape index (κ3) is 3.18. The number of nitrogens with zero attached hydrogens (tertiary/aromatic N) is 2. The standard InChI is InChI=1S/C14H12BrN5O/c1-8-3-2-4-12(11(8)6-16)19-14(21)10-5-9(15)7-18-13(10)20-17/h2-5,7H,17H2,1H3,(H,18,20)(H,19,21). The summed E-state index contributed by atoms with van der Waals surface area (Å²) in [6.07, 6.45) is 1.53. The molecular weight excluding hydrogens is 334 g/mol. The number of carbonyl (C=O) groups excluding carboxylic acids is 1. The molecule has 1 aromatic heterocycles. The number of nitriles is 1. The quantitative estimate of drug-likeness (QED) is 0.585. The number of hydrazine groups is 1. The van der Waals surface area contributed by atoms with Crippen LogP contribution in [0.4, 0.5) is 11.5 Å². The molecule has 0 aliphatic carbocycles. The second-order valence-electron chi connectivity index (χ2n) is 4.26. The van der Waals surface area contributed by atoms with Crippen LogP contribution in [-0.4, -0.2) is 10.9 Å². The van der Waals surface area contributed by atoms with Crippen LogP contribution in [0.3, 0.4) is 0 Å². The van der Waals surface area contributed by atoms with Gasteiger partial charge in [0.05, 0.1) is 16.8 Å². The molecule has 1 heterocycles. The van der Waals surface area contributed by atoms with Gasteiger partial charge >= 0.3 is 0 Å². The van der Waals surface area contributed by atoms with Crippen molar-refractivity contribution in [2.24, 2.45) is 5.84 Å². The first-order valence-corrected chi connectivity index (χ1v) is 6.79. The van der Waals surface area contributed by atoms with Gasteiger partial charge in [-0.25, -0.2) is 10.8 Å². The monoisotopic (exact) mass is 345 g/mol. The summed E-state index contributed by atoms with van der Waals surface area (Å²) in [4.78, 5) is 16.4. The minimum Gasteiger partial charge on any atom is -0.321 e. The lowest BCUT2D eigenvalue weighted by molar-refractivity contribution is 0.102. The number of benzene rings is 1. The van der Waals surface area contributed by atoms with Crippen LogP contribution >= 0.6 is 15.9 Å². The number of anilines is 2. The molecule has 0 aliphatic rings. The lowest BCUT2D eigenvalue weighted by atomic mass is 10.1. The average molecular weight is 346 g/mol. The Kier molecular flexibility index (Phi) is 4.52. The summed E-state index contributed by atoms with van der Waals surface area (Å²) in [5.41, 5.74) is 4.31. The normalized spacial score (nSPS) is 9.81. The Morgan fingerprint density at radius 2 is 2.24 bits per heavy atom. The molecule has 21 heavy (non-hydrogen) atoms. The maximum Gasteiger partial charge on any atom is 0.259 e. The second kappa shape index (κ2) is 6.35. The first-order chi connectivity index (χ1) is 10.1. The molecule has 2 aromatic rings. The van der Waals surface area contributed by atoms with E-state index in [0.29, 0.717) is 15.7 Å². The molecule has 0 saturated carbocycles. The Hall–Kier alpha value is -2.43. The van der Waals surface area contributed by atoms with Gasteiger partial charge in [0, 0.05) is 10.7 Å². The van der Waals surface area contributed by atoms with E-state index in [2.05, 4.69) is 37.7 Å². The zero-order valence-corrected chi connectivity index (χ0v) is 12.7. The van der Waals surface area contributed by atoms with Crippen LogP contribution in [0.5, 0.6) is 0 Å². The molecule has 1 aromatic carbocycles. The third-order valence-corrected chi connectivity index (χ3v) is 3.30. The molecule has 2 rings (SSSR count). The van der Waals surface area contributed by atoms with Crippen molar-refractivity contribution in [1.29, 1.82) is 5.26 Å². The molecule has 106 valence electrons. The third-order valence-electron chi connectivity index (χ3n) is 2.87. The predicted octanol–water partition coefficient (Wildman–Crippen LogP) is 2.56. The van der Waals surface area contributed by atoms with Crippen LogP contribution in [0.25, 0.3) is 0 Å². The number of carbonyl (C=O) groups is 1. The van der Waals surface area contributed by atoms with E-state index in [4.69, 9.17) is 5.84 Å². The van der Waals surface area contributed by atoms with Crippen molar-refractivity contribution in [1.82, 2.24) is 4.98 Å². The van der Waals surface area contributed by atoms with Crippen molar-refractivity contribution in [3.05, 3.63) is 51.6 Å². The molecule has 1 amide bonds. The van der Waals surface area contributed by atoms with E-state index < -0.39 is 5.91 Å². The fraction of sp³-hybridized carbons (Fsp3) is 0.0714. The Morgan fingerprint density at radius 1 is 1.48 bits per heavy atom. The number of rotatable bonds is 3. The van der Waals surface area contributed by atoms with Gasteiger partial charge in [0.1, 0.15) is 6.07 Å². The Morgan fingerprint density at radius 3 is 2.90 bits per heavy atom. The highest BCUT2D eigenvalue weighted by molar-refractivity contribution is 9.10. The minimum atomic E-state index is -0.404. The van der Waals surface area contributed by atoms with E-state index in [9.17, 15) is 10.1 Å².